The second kappa shape index (κ2) is 7.28. The van der Waals surface area contributed by atoms with Gasteiger partial charge in [0.25, 0.3) is 0 Å². The molecule has 1 N–H and O–H groups in total. The average Bonchev–Trinajstić information content (AvgIpc) is 2.36. The highest BCUT2D eigenvalue weighted by Gasteiger charge is 2.18. The maximum Gasteiger partial charge on any atom is 0.306 e. The monoisotopic (exact) mass is 300 g/mol. The van der Waals surface area contributed by atoms with Gasteiger partial charge in [0.15, 0.2) is 0 Å². The second-order valence-corrected chi connectivity index (χ2v) is 7.12. The molecule has 112 valence electrons. The molecule has 0 heterocycles. The zero-order valence-corrected chi connectivity index (χ0v) is 12.5. The highest BCUT2D eigenvalue weighted by Crippen LogP contribution is 2.19. The minimum absolute atomic E-state index is 0.0227. The van der Waals surface area contributed by atoms with E-state index in [1.165, 1.54) is 0 Å². The lowest BCUT2D eigenvalue weighted by Crippen LogP contribution is -2.18. The first-order valence-corrected chi connectivity index (χ1v) is 8.41. The fourth-order valence-electron chi connectivity index (χ4n) is 1.99. The van der Waals surface area contributed by atoms with Gasteiger partial charge in [-0.1, -0.05) is 12.1 Å². The first-order valence-electron chi connectivity index (χ1n) is 6.35. The van der Waals surface area contributed by atoms with Crippen LogP contribution in [0.1, 0.15) is 18.4 Å². The number of rotatable bonds is 8. The highest BCUT2D eigenvalue weighted by molar-refractivity contribution is 7.90. The van der Waals surface area contributed by atoms with Crippen molar-refractivity contribution in [2.75, 3.05) is 19.1 Å². The largest absolute Gasteiger partial charge is 0.497 e. The zero-order chi connectivity index (χ0) is 15.2. The highest BCUT2D eigenvalue weighted by atomic mass is 32.2. The Hall–Kier alpha value is -1.56. The van der Waals surface area contributed by atoms with Crippen LogP contribution in [0.2, 0.25) is 0 Å². The fourth-order valence-corrected chi connectivity index (χ4v) is 2.68. The standard InChI is InChI=1S/C14H20O5S/c1-19-13-7-3-5-11(10-13)9-12(14(15)16)6-4-8-20(2,17)18/h3,5,7,10,12H,4,6,8-9H2,1-2H3,(H,15,16). The topological polar surface area (TPSA) is 80.7 Å². The number of benzene rings is 1. The van der Waals surface area contributed by atoms with Crippen LogP contribution in [-0.4, -0.2) is 38.6 Å². The molecule has 1 aromatic carbocycles. The third kappa shape index (κ3) is 6.06. The summed E-state index contributed by atoms with van der Waals surface area (Å²) in [5, 5.41) is 9.21. The van der Waals surface area contributed by atoms with Crippen molar-refractivity contribution in [3.63, 3.8) is 0 Å². The molecule has 1 unspecified atom stereocenters. The van der Waals surface area contributed by atoms with Crippen molar-refractivity contribution in [2.45, 2.75) is 19.3 Å². The first kappa shape index (κ1) is 16.5. The maximum atomic E-state index is 11.2. The molecule has 20 heavy (non-hydrogen) atoms. The summed E-state index contributed by atoms with van der Waals surface area (Å²) >= 11 is 0. The Balaban J connectivity index is 2.65. The van der Waals surface area contributed by atoms with E-state index in [1.54, 1.807) is 19.2 Å². The van der Waals surface area contributed by atoms with Crippen LogP contribution in [0.15, 0.2) is 24.3 Å². The predicted molar refractivity (Wildman–Crippen MR) is 76.8 cm³/mol. The van der Waals surface area contributed by atoms with Crippen LogP contribution in [0.25, 0.3) is 0 Å². The molecule has 1 atom stereocenters. The van der Waals surface area contributed by atoms with Crippen molar-refractivity contribution in [3.05, 3.63) is 29.8 Å². The van der Waals surface area contributed by atoms with Crippen LogP contribution in [0.3, 0.4) is 0 Å². The summed E-state index contributed by atoms with van der Waals surface area (Å²) in [5.74, 6) is -0.775. The third-order valence-corrected chi connectivity index (χ3v) is 4.06. The van der Waals surface area contributed by atoms with Gasteiger partial charge in [-0.15, -0.1) is 0 Å². The van der Waals surface area contributed by atoms with E-state index in [-0.39, 0.29) is 5.75 Å². The molecule has 0 spiro atoms. The first-order chi connectivity index (χ1) is 9.31. The minimum atomic E-state index is -3.04. The molecular formula is C14H20O5S. The van der Waals surface area contributed by atoms with Gasteiger partial charge in [-0.05, 0) is 37.0 Å². The lowest BCUT2D eigenvalue weighted by atomic mass is 9.95. The van der Waals surface area contributed by atoms with Gasteiger partial charge in [0.1, 0.15) is 15.6 Å². The van der Waals surface area contributed by atoms with Crippen LogP contribution >= 0.6 is 0 Å². The molecule has 0 bridgehead atoms. The normalized spacial score (nSPS) is 12.9. The average molecular weight is 300 g/mol. The predicted octanol–water partition coefficient (Wildman–Crippen LogP) is 1.76. The van der Waals surface area contributed by atoms with Gasteiger partial charge in [-0.3, -0.25) is 4.79 Å². The van der Waals surface area contributed by atoms with E-state index in [9.17, 15) is 18.3 Å². The van der Waals surface area contributed by atoms with E-state index in [0.717, 1.165) is 11.8 Å². The van der Waals surface area contributed by atoms with Gasteiger partial charge in [-0.25, -0.2) is 8.42 Å². The Morgan fingerprint density at radius 3 is 2.65 bits per heavy atom. The number of carboxylic acids is 1. The Kier molecular flexibility index (Phi) is 6.01. The molecule has 0 aromatic heterocycles. The van der Waals surface area contributed by atoms with Crippen molar-refractivity contribution in [3.8, 4) is 5.75 Å². The molecule has 0 aliphatic carbocycles. The molecule has 0 fully saturated rings. The third-order valence-electron chi connectivity index (χ3n) is 3.03. The van der Waals surface area contributed by atoms with E-state index in [2.05, 4.69) is 0 Å². The van der Waals surface area contributed by atoms with Crippen molar-refractivity contribution in [1.82, 2.24) is 0 Å². The molecule has 0 saturated carbocycles. The van der Waals surface area contributed by atoms with Gasteiger partial charge in [0.2, 0.25) is 0 Å². The van der Waals surface area contributed by atoms with Crippen molar-refractivity contribution in [2.24, 2.45) is 5.92 Å². The number of hydrogen-bond donors (Lipinski definition) is 1. The van der Waals surface area contributed by atoms with E-state index < -0.39 is 21.7 Å². The number of aliphatic carboxylic acids is 1. The Bertz CT molecular complexity index is 550. The zero-order valence-electron chi connectivity index (χ0n) is 11.7. The number of carboxylic acid groups (broad SMARTS) is 1. The number of ether oxygens (including phenoxy) is 1. The summed E-state index contributed by atoms with van der Waals surface area (Å²) in [7, 11) is -1.49. The number of hydrogen-bond acceptors (Lipinski definition) is 4. The molecular weight excluding hydrogens is 280 g/mol. The lowest BCUT2D eigenvalue weighted by molar-refractivity contribution is -0.141. The van der Waals surface area contributed by atoms with Crippen molar-refractivity contribution < 1.29 is 23.1 Å². The summed E-state index contributed by atoms with van der Waals surface area (Å²) in [6.07, 6.45) is 2.24. The SMILES string of the molecule is COc1cccc(CC(CCCS(C)(=O)=O)C(=O)O)c1. The van der Waals surface area contributed by atoms with Crippen molar-refractivity contribution in [1.29, 1.82) is 0 Å². The molecule has 5 nitrogen and oxygen atoms in total. The molecule has 6 heteroatoms. The van der Waals surface area contributed by atoms with Gasteiger partial charge in [0, 0.05) is 12.0 Å². The molecule has 0 aliphatic heterocycles. The Labute approximate surface area is 119 Å². The summed E-state index contributed by atoms with van der Waals surface area (Å²) in [6, 6.07) is 7.24. The van der Waals surface area contributed by atoms with Crippen LogP contribution in [0.5, 0.6) is 5.75 Å². The van der Waals surface area contributed by atoms with Gasteiger partial charge < -0.3 is 9.84 Å². The smallest absolute Gasteiger partial charge is 0.306 e. The quantitative estimate of drug-likeness (QED) is 0.791. The molecule has 0 aliphatic rings. The summed E-state index contributed by atoms with van der Waals surface area (Å²) < 4.78 is 27.2. The second-order valence-electron chi connectivity index (χ2n) is 4.86. The Morgan fingerprint density at radius 1 is 1.40 bits per heavy atom. The molecule has 0 radical (unpaired) electrons. The summed E-state index contributed by atoms with van der Waals surface area (Å²) in [4.78, 5) is 11.2. The van der Waals surface area contributed by atoms with Crippen molar-refractivity contribution >= 4 is 15.8 Å². The fraction of sp³-hybridized carbons (Fsp3) is 0.500. The van der Waals surface area contributed by atoms with Gasteiger partial charge in [-0.2, -0.15) is 0 Å². The van der Waals surface area contributed by atoms with Crippen LogP contribution < -0.4 is 4.74 Å². The van der Waals surface area contributed by atoms with Gasteiger partial charge in [0.05, 0.1) is 13.0 Å². The van der Waals surface area contributed by atoms with E-state index >= 15 is 0 Å². The number of methoxy groups -OCH3 is 1. The minimum Gasteiger partial charge on any atom is -0.497 e. The lowest BCUT2D eigenvalue weighted by Gasteiger charge is -2.12. The van der Waals surface area contributed by atoms with Crippen LogP contribution in [0.4, 0.5) is 0 Å². The number of sulfone groups is 1. The van der Waals surface area contributed by atoms with E-state index in [1.807, 2.05) is 12.1 Å². The van der Waals surface area contributed by atoms with Crippen LogP contribution in [-0.2, 0) is 21.1 Å². The maximum absolute atomic E-state index is 11.2. The van der Waals surface area contributed by atoms with E-state index in [0.29, 0.717) is 25.0 Å². The molecule has 1 aromatic rings. The van der Waals surface area contributed by atoms with E-state index in [4.69, 9.17) is 4.74 Å². The summed E-state index contributed by atoms with van der Waals surface area (Å²) in [5.41, 5.74) is 0.871. The molecule has 0 saturated heterocycles. The van der Waals surface area contributed by atoms with Crippen LogP contribution in [0, 0.1) is 5.92 Å². The molecule has 0 amide bonds. The number of carbonyl (C=O) groups is 1. The summed E-state index contributed by atoms with van der Waals surface area (Å²) in [6.45, 7) is 0. The van der Waals surface area contributed by atoms with Gasteiger partial charge >= 0.3 is 5.97 Å². The Morgan fingerprint density at radius 2 is 2.10 bits per heavy atom. The molecule has 1 rings (SSSR count).